The largest absolute Gasteiger partial charge is 0.477 e. The van der Waals surface area contributed by atoms with Gasteiger partial charge in [0.05, 0.1) is 17.6 Å². The molecule has 12 heteroatoms. The zero-order valence-corrected chi connectivity index (χ0v) is 22.8. The SMILES string of the molecule is CCC(=O)OC(C(=O)O)n1c(N(C)C2CCN(c3nc4ccccc4n3Cc3ccc(F)cc3)CC2)nccc1=O. The van der Waals surface area contributed by atoms with Crippen LogP contribution in [-0.2, 0) is 20.9 Å². The number of anilines is 2. The van der Waals surface area contributed by atoms with Crippen LogP contribution >= 0.6 is 0 Å². The number of rotatable bonds is 9. The van der Waals surface area contributed by atoms with Crippen LogP contribution in [0.25, 0.3) is 11.0 Å². The molecule has 1 aliphatic heterocycles. The van der Waals surface area contributed by atoms with Crippen molar-refractivity contribution in [1.29, 1.82) is 0 Å². The highest BCUT2D eigenvalue weighted by molar-refractivity contribution is 5.79. The third kappa shape index (κ3) is 5.76. The molecule has 1 saturated heterocycles. The summed E-state index contributed by atoms with van der Waals surface area (Å²) in [5.41, 5.74) is 2.16. The lowest BCUT2D eigenvalue weighted by molar-refractivity contribution is -0.170. The van der Waals surface area contributed by atoms with Crippen LogP contribution in [0, 0.1) is 5.82 Å². The number of piperidine rings is 1. The summed E-state index contributed by atoms with van der Waals surface area (Å²) in [5, 5.41) is 9.76. The highest BCUT2D eigenvalue weighted by Gasteiger charge is 2.32. The van der Waals surface area contributed by atoms with E-state index in [2.05, 4.69) is 14.5 Å². The number of aromatic nitrogens is 4. The standard InChI is InChI=1S/C29H31FN6O5/c1-3-25(38)41-26(27(39)40)36-24(37)12-15-31-28(36)33(2)21-13-16-34(17-14-21)29-32-22-6-4-5-7-23(22)35(29)18-19-8-10-20(30)11-9-19/h4-12,15,21,26H,3,13-14,16-18H2,1-2H3,(H,39,40). The minimum Gasteiger partial charge on any atom is -0.477 e. The second-order valence-corrected chi connectivity index (χ2v) is 9.93. The molecule has 2 aromatic carbocycles. The van der Waals surface area contributed by atoms with E-state index < -0.39 is 23.7 Å². The number of fused-ring (bicyclic) bond motifs is 1. The van der Waals surface area contributed by atoms with Crippen molar-refractivity contribution in [1.82, 2.24) is 19.1 Å². The molecule has 1 N–H and O–H groups in total. The van der Waals surface area contributed by atoms with E-state index in [1.165, 1.54) is 18.3 Å². The van der Waals surface area contributed by atoms with E-state index in [0.717, 1.165) is 33.2 Å². The minimum absolute atomic E-state index is 0.0334. The predicted molar refractivity (Wildman–Crippen MR) is 150 cm³/mol. The molecule has 1 fully saturated rings. The normalized spacial score (nSPS) is 14.7. The number of para-hydroxylation sites is 2. The van der Waals surface area contributed by atoms with Crippen LogP contribution in [0.3, 0.4) is 0 Å². The molecule has 5 rings (SSSR count). The van der Waals surface area contributed by atoms with Crippen molar-refractivity contribution in [2.45, 2.75) is 45.0 Å². The van der Waals surface area contributed by atoms with Gasteiger partial charge in [-0.15, -0.1) is 0 Å². The summed E-state index contributed by atoms with van der Waals surface area (Å²) in [6.45, 7) is 3.36. The summed E-state index contributed by atoms with van der Waals surface area (Å²) < 4.78 is 21.6. The molecule has 3 heterocycles. The van der Waals surface area contributed by atoms with Crippen molar-refractivity contribution in [3.63, 3.8) is 0 Å². The van der Waals surface area contributed by atoms with E-state index in [4.69, 9.17) is 9.72 Å². The van der Waals surface area contributed by atoms with E-state index in [1.54, 1.807) is 31.0 Å². The van der Waals surface area contributed by atoms with Gasteiger partial charge in [-0.2, -0.15) is 0 Å². The lowest BCUT2D eigenvalue weighted by Gasteiger charge is -2.38. The fourth-order valence-electron chi connectivity index (χ4n) is 5.16. The number of hydrogen-bond acceptors (Lipinski definition) is 8. The minimum atomic E-state index is -1.83. The molecule has 1 atom stereocenters. The van der Waals surface area contributed by atoms with Crippen molar-refractivity contribution in [3.05, 3.63) is 82.5 Å². The van der Waals surface area contributed by atoms with Gasteiger partial charge in [-0.05, 0) is 42.7 Å². The third-order valence-electron chi connectivity index (χ3n) is 7.34. The first-order chi connectivity index (χ1) is 19.8. The first-order valence-electron chi connectivity index (χ1n) is 13.4. The fourth-order valence-corrected chi connectivity index (χ4v) is 5.16. The predicted octanol–water partition coefficient (Wildman–Crippen LogP) is 3.42. The van der Waals surface area contributed by atoms with Gasteiger partial charge < -0.3 is 24.2 Å². The molecule has 1 aliphatic rings. The van der Waals surface area contributed by atoms with Gasteiger partial charge in [-0.3, -0.25) is 9.59 Å². The maximum atomic E-state index is 13.5. The van der Waals surface area contributed by atoms with Crippen LogP contribution < -0.4 is 15.4 Å². The van der Waals surface area contributed by atoms with Gasteiger partial charge in [0.2, 0.25) is 11.9 Å². The molecule has 2 aromatic heterocycles. The Labute approximate surface area is 235 Å². The Bertz CT molecular complexity index is 1610. The van der Waals surface area contributed by atoms with Crippen LogP contribution in [0.5, 0.6) is 0 Å². The third-order valence-corrected chi connectivity index (χ3v) is 7.34. The first kappa shape index (κ1) is 27.8. The molecule has 0 spiro atoms. The Morgan fingerprint density at radius 2 is 1.83 bits per heavy atom. The highest BCUT2D eigenvalue weighted by atomic mass is 19.1. The van der Waals surface area contributed by atoms with Crippen LogP contribution in [0.2, 0.25) is 0 Å². The summed E-state index contributed by atoms with van der Waals surface area (Å²) in [4.78, 5) is 49.9. The summed E-state index contributed by atoms with van der Waals surface area (Å²) in [7, 11) is 1.75. The summed E-state index contributed by atoms with van der Waals surface area (Å²) >= 11 is 0. The smallest absolute Gasteiger partial charge is 0.367 e. The number of carboxylic acids is 1. The summed E-state index contributed by atoms with van der Waals surface area (Å²) in [5.74, 6) is -1.57. The van der Waals surface area contributed by atoms with Gasteiger partial charge in [0.1, 0.15) is 5.82 Å². The zero-order chi connectivity index (χ0) is 29.1. The molecule has 0 amide bonds. The van der Waals surface area contributed by atoms with Gasteiger partial charge in [-0.25, -0.2) is 23.7 Å². The molecule has 0 aliphatic carbocycles. The highest BCUT2D eigenvalue weighted by Crippen LogP contribution is 2.29. The number of esters is 1. The molecule has 11 nitrogen and oxygen atoms in total. The van der Waals surface area contributed by atoms with E-state index in [0.29, 0.717) is 32.5 Å². The second-order valence-electron chi connectivity index (χ2n) is 9.93. The Kier molecular flexibility index (Phi) is 7.99. The van der Waals surface area contributed by atoms with Crippen LogP contribution in [0.1, 0.15) is 38.0 Å². The van der Waals surface area contributed by atoms with Gasteiger partial charge in [0.15, 0.2) is 0 Å². The van der Waals surface area contributed by atoms with Crippen molar-refractivity contribution >= 4 is 34.9 Å². The first-order valence-corrected chi connectivity index (χ1v) is 13.4. The second kappa shape index (κ2) is 11.8. The van der Waals surface area contributed by atoms with Gasteiger partial charge in [0.25, 0.3) is 11.8 Å². The lowest BCUT2D eigenvalue weighted by Crippen LogP contribution is -2.47. The topological polar surface area (TPSA) is 123 Å². The van der Waals surface area contributed by atoms with Crippen molar-refractivity contribution < 1.29 is 23.8 Å². The summed E-state index contributed by atoms with van der Waals surface area (Å²) in [6.07, 6.45) is 0.806. The van der Waals surface area contributed by atoms with E-state index >= 15 is 0 Å². The monoisotopic (exact) mass is 562 g/mol. The molecule has 214 valence electrons. The Morgan fingerprint density at radius 1 is 1.12 bits per heavy atom. The summed E-state index contributed by atoms with van der Waals surface area (Å²) in [6, 6.07) is 15.4. The Hall–Kier alpha value is -4.74. The average molecular weight is 563 g/mol. The van der Waals surface area contributed by atoms with E-state index in [9.17, 15) is 23.9 Å². The number of carbonyl (C=O) groups is 2. The molecular formula is C29H31FN6O5. The van der Waals surface area contributed by atoms with Crippen molar-refractivity contribution in [2.24, 2.45) is 0 Å². The molecule has 0 radical (unpaired) electrons. The number of nitrogens with zero attached hydrogens (tertiary/aromatic N) is 6. The van der Waals surface area contributed by atoms with E-state index in [-0.39, 0.29) is 24.2 Å². The number of benzene rings is 2. The van der Waals surface area contributed by atoms with Crippen molar-refractivity contribution in [2.75, 3.05) is 29.9 Å². The quantitative estimate of drug-likeness (QED) is 0.306. The van der Waals surface area contributed by atoms with Gasteiger partial charge in [0, 0.05) is 44.9 Å². The lowest BCUT2D eigenvalue weighted by atomic mass is 10.0. The van der Waals surface area contributed by atoms with Crippen LogP contribution in [-0.4, -0.2) is 62.3 Å². The van der Waals surface area contributed by atoms with E-state index in [1.807, 2.05) is 24.3 Å². The van der Waals surface area contributed by atoms with Gasteiger partial charge >= 0.3 is 11.9 Å². The maximum absolute atomic E-state index is 13.5. The Balaban J connectivity index is 1.38. The molecule has 41 heavy (non-hydrogen) atoms. The fraction of sp³-hybridized carbons (Fsp3) is 0.345. The Morgan fingerprint density at radius 3 is 2.51 bits per heavy atom. The number of ether oxygens (including phenoxy) is 1. The average Bonchev–Trinajstić information content (AvgIpc) is 3.34. The molecule has 4 aromatic rings. The molecule has 0 saturated carbocycles. The molecular weight excluding hydrogens is 531 g/mol. The number of hydrogen-bond donors (Lipinski definition) is 1. The number of carbonyl (C=O) groups excluding carboxylic acids is 1. The number of aliphatic carboxylic acids is 1. The molecule has 0 bridgehead atoms. The number of halogens is 1. The zero-order valence-electron chi connectivity index (χ0n) is 22.8. The number of carboxylic acid groups (broad SMARTS) is 1. The van der Waals surface area contributed by atoms with Crippen molar-refractivity contribution in [3.8, 4) is 0 Å². The maximum Gasteiger partial charge on any atom is 0.367 e. The number of imidazole rings is 1. The van der Waals surface area contributed by atoms with Crippen LogP contribution in [0.4, 0.5) is 16.3 Å². The van der Waals surface area contributed by atoms with Crippen LogP contribution in [0.15, 0.2) is 65.6 Å². The molecule has 1 unspecified atom stereocenters. The van der Waals surface area contributed by atoms with Gasteiger partial charge in [-0.1, -0.05) is 31.2 Å².